The topological polar surface area (TPSA) is 24.1 Å². The van der Waals surface area contributed by atoms with Gasteiger partial charge in [0.1, 0.15) is 0 Å². The van der Waals surface area contributed by atoms with Gasteiger partial charge in [-0.1, -0.05) is 24.3 Å². The van der Waals surface area contributed by atoms with Gasteiger partial charge >= 0.3 is 0 Å². The smallest absolute Gasteiger partial charge is 0.0593 e. The van der Waals surface area contributed by atoms with Gasteiger partial charge in [0.25, 0.3) is 0 Å². The molecule has 0 spiro atoms. The molecule has 0 fully saturated rings. The number of nitrogens with one attached hydrogen (secondary N) is 2. The Hall–Kier alpha value is 0.140. The molecule has 2 aliphatic rings. The predicted molar refractivity (Wildman–Crippen MR) is 105 cm³/mol. The second-order valence-corrected chi connectivity index (χ2v) is 7.48. The third-order valence-electron chi connectivity index (χ3n) is 2.34. The van der Waals surface area contributed by atoms with Gasteiger partial charge in [-0.05, 0) is 45.9 Å². The fourth-order valence-electron chi connectivity index (χ4n) is 1.47. The van der Waals surface area contributed by atoms with E-state index in [4.69, 9.17) is 0 Å². The molecule has 0 aromatic heterocycles. The van der Waals surface area contributed by atoms with Crippen LogP contribution < -0.4 is 9.44 Å². The molecule has 0 radical (unpaired) electrons. The Morgan fingerprint density at radius 3 is 1.45 bits per heavy atom. The molecule has 2 aromatic rings. The summed E-state index contributed by atoms with van der Waals surface area (Å²) in [5.41, 5.74) is 2.49. The molecule has 20 heavy (non-hydrogen) atoms. The molecular weight excluding hydrogens is 365 g/mol. The zero-order valence-corrected chi connectivity index (χ0v) is 15.2. The number of thiol groups is 2. The summed E-state index contributed by atoms with van der Waals surface area (Å²) in [6, 6.07) is 16.6. The zero-order valence-electron chi connectivity index (χ0n) is 10.1. The van der Waals surface area contributed by atoms with E-state index in [1.165, 1.54) is 21.2 Å². The zero-order chi connectivity index (χ0) is 14.2. The Morgan fingerprint density at radius 1 is 0.650 bits per heavy atom. The Kier molecular flexibility index (Phi) is 7.61. The van der Waals surface area contributed by atoms with Crippen molar-refractivity contribution in [3.63, 3.8) is 0 Å². The highest BCUT2D eigenvalue weighted by Gasteiger charge is 2.09. The SMILES string of the molecule is SS.c1ccc2c(c1)NSS2.c1ccc2c(c1)NSS2. The van der Waals surface area contributed by atoms with Crippen molar-refractivity contribution in [2.24, 2.45) is 0 Å². The van der Waals surface area contributed by atoms with Crippen LogP contribution >= 0.6 is 66.9 Å². The summed E-state index contributed by atoms with van der Waals surface area (Å²) in [5.74, 6) is 0. The fourth-order valence-corrected chi connectivity index (χ4v) is 5.28. The van der Waals surface area contributed by atoms with Gasteiger partial charge in [-0.15, -0.1) is 23.3 Å². The molecule has 0 amide bonds. The number of hydrogen-bond donors (Lipinski definition) is 4. The van der Waals surface area contributed by atoms with Crippen LogP contribution in [-0.2, 0) is 0 Å². The van der Waals surface area contributed by atoms with Gasteiger partial charge in [-0.3, -0.25) is 0 Å². The van der Waals surface area contributed by atoms with Gasteiger partial charge in [0.15, 0.2) is 0 Å². The van der Waals surface area contributed by atoms with Gasteiger partial charge in [0.05, 0.1) is 11.4 Å². The molecule has 2 N–H and O–H groups in total. The molecule has 2 nitrogen and oxygen atoms in total. The van der Waals surface area contributed by atoms with Crippen LogP contribution in [0.1, 0.15) is 0 Å². The molecular formula is C12H12N2S6. The van der Waals surface area contributed by atoms with Gasteiger partial charge in [-0.25, -0.2) is 0 Å². The normalized spacial score (nSPS) is 13.5. The Morgan fingerprint density at radius 2 is 1.05 bits per heavy atom. The van der Waals surface area contributed by atoms with E-state index in [0.717, 1.165) is 0 Å². The molecule has 2 heterocycles. The van der Waals surface area contributed by atoms with Gasteiger partial charge in [0, 0.05) is 31.8 Å². The van der Waals surface area contributed by atoms with Crippen LogP contribution in [0.3, 0.4) is 0 Å². The van der Waals surface area contributed by atoms with Crippen LogP contribution in [-0.4, -0.2) is 0 Å². The van der Waals surface area contributed by atoms with E-state index in [1.54, 1.807) is 43.5 Å². The molecule has 0 saturated carbocycles. The van der Waals surface area contributed by atoms with Gasteiger partial charge < -0.3 is 9.44 Å². The quantitative estimate of drug-likeness (QED) is 0.245. The lowest BCUT2D eigenvalue weighted by Gasteiger charge is -1.91. The maximum atomic E-state index is 3.22. The van der Waals surface area contributed by atoms with Crippen LogP contribution in [0.15, 0.2) is 58.3 Å². The van der Waals surface area contributed by atoms with Crippen LogP contribution in [0.25, 0.3) is 0 Å². The van der Waals surface area contributed by atoms with Crippen molar-refractivity contribution in [2.75, 3.05) is 9.44 Å². The first-order valence-electron chi connectivity index (χ1n) is 5.50. The number of fused-ring (bicyclic) bond motifs is 2. The molecule has 106 valence electrons. The number of benzene rings is 2. The number of hydrogen-bond acceptors (Lipinski definition) is 8. The summed E-state index contributed by atoms with van der Waals surface area (Å²) in [7, 11) is 6.89. The third-order valence-corrected chi connectivity index (χ3v) is 6.26. The highest BCUT2D eigenvalue weighted by molar-refractivity contribution is 8.78. The second-order valence-electron chi connectivity index (χ2n) is 3.53. The first-order chi connectivity index (χ1) is 9.93. The minimum absolute atomic E-state index is 1.24. The van der Waals surface area contributed by atoms with Crippen molar-refractivity contribution >= 4 is 78.2 Å². The molecule has 0 saturated heterocycles. The number of anilines is 2. The van der Waals surface area contributed by atoms with Crippen molar-refractivity contribution in [3.05, 3.63) is 48.5 Å². The van der Waals surface area contributed by atoms with E-state index >= 15 is 0 Å². The first-order valence-corrected chi connectivity index (χ1v) is 11.4. The maximum absolute atomic E-state index is 3.22. The Labute approximate surface area is 145 Å². The summed E-state index contributed by atoms with van der Waals surface area (Å²) in [6.07, 6.45) is 0. The molecule has 0 unspecified atom stereocenters. The van der Waals surface area contributed by atoms with Crippen LogP contribution in [0.5, 0.6) is 0 Å². The highest BCUT2D eigenvalue weighted by atomic mass is 33.1. The van der Waals surface area contributed by atoms with Crippen LogP contribution in [0, 0.1) is 0 Å². The monoisotopic (exact) mass is 376 g/mol. The van der Waals surface area contributed by atoms with Gasteiger partial charge in [0.2, 0.25) is 0 Å². The summed E-state index contributed by atoms with van der Waals surface area (Å²) in [5, 5.41) is 0. The van der Waals surface area contributed by atoms with Crippen molar-refractivity contribution < 1.29 is 0 Å². The lowest BCUT2D eigenvalue weighted by Crippen LogP contribution is -1.75. The van der Waals surface area contributed by atoms with Crippen molar-refractivity contribution in [3.8, 4) is 0 Å². The van der Waals surface area contributed by atoms with Crippen LogP contribution in [0.2, 0.25) is 0 Å². The largest absolute Gasteiger partial charge is 0.319 e. The van der Waals surface area contributed by atoms with E-state index in [1.807, 2.05) is 12.1 Å². The Balaban J connectivity index is 0.000000131. The molecule has 0 aliphatic carbocycles. The summed E-state index contributed by atoms with van der Waals surface area (Å²) >= 11 is 6.44. The summed E-state index contributed by atoms with van der Waals surface area (Å²) in [6.45, 7) is 0. The molecule has 0 bridgehead atoms. The van der Waals surface area contributed by atoms with E-state index in [2.05, 4.69) is 69.2 Å². The van der Waals surface area contributed by atoms with Gasteiger partial charge in [-0.2, -0.15) is 0 Å². The molecule has 2 aliphatic heterocycles. The van der Waals surface area contributed by atoms with Crippen molar-refractivity contribution in [1.29, 1.82) is 0 Å². The lowest BCUT2D eigenvalue weighted by molar-refractivity contribution is 1.49. The third kappa shape index (κ3) is 4.57. The summed E-state index contributed by atoms with van der Waals surface area (Å²) in [4.78, 5) is 2.67. The average Bonchev–Trinajstić information content (AvgIpc) is 3.18. The first kappa shape index (κ1) is 16.5. The summed E-state index contributed by atoms with van der Waals surface area (Å²) < 4.78 is 6.36. The molecule has 8 heteroatoms. The van der Waals surface area contributed by atoms with E-state index < -0.39 is 0 Å². The minimum atomic E-state index is 1.24. The predicted octanol–water partition coefficient (Wildman–Crippen LogP) is 6.30. The van der Waals surface area contributed by atoms with Crippen molar-refractivity contribution in [2.45, 2.75) is 9.79 Å². The Bertz CT molecular complexity index is 455. The molecule has 4 rings (SSSR count). The fraction of sp³-hybridized carbons (Fsp3) is 0. The van der Waals surface area contributed by atoms with Crippen molar-refractivity contribution in [1.82, 2.24) is 0 Å². The standard InChI is InChI=1S/2C6H5NS2.H2S2/c2*1-2-4-6-5(3-1)7-9-8-6;1-2/h2*1-4,7H;1-2H. The molecule has 2 aromatic carbocycles. The maximum Gasteiger partial charge on any atom is 0.0593 e. The molecule has 0 atom stereocenters. The number of rotatable bonds is 0. The lowest BCUT2D eigenvalue weighted by atomic mass is 10.3. The van der Waals surface area contributed by atoms with E-state index in [-0.39, 0.29) is 0 Å². The highest BCUT2D eigenvalue weighted by Crippen LogP contribution is 2.44. The van der Waals surface area contributed by atoms with E-state index in [9.17, 15) is 0 Å². The van der Waals surface area contributed by atoms with E-state index in [0.29, 0.717) is 0 Å². The minimum Gasteiger partial charge on any atom is -0.319 e. The average molecular weight is 377 g/mol. The number of para-hydroxylation sites is 2. The second kappa shape index (κ2) is 9.22. The van der Waals surface area contributed by atoms with Crippen LogP contribution in [0.4, 0.5) is 11.4 Å².